The van der Waals surface area contributed by atoms with Crippen LogP contribution in [-0.2, 0) is 0 Å². The molecule has 3 heteroatoms. The van der Waals surface area contributed by atoms with Gasteiger partial charge in [-0.15, -0.1) is 11.8 Å². The van der Waals surface area contributed by atoms with Crippen LogP contribution >= 0.6 is 11.8 Å². The van der Waals surface area contributed by atoms with Crippen LogP contribution in [0, 0.1) is 6.92 Å². The highest BCUT2D eigenvalue weighted by molar-refractivity contribution is 7.98. The highest BCUT2D eigenvalue weighted by Gasteiger charge is 2.21. The Morgan fingerprint density at radius 1 is 0.880 bits per heavy atom. The van der Waals surface area contributed by atoms with E-state index in [-0.39, 0.29) is 5.78 Å². The first kappa shape index (κ1) is 15.9. The Kier molecular flexibility index (Phi) is 4.02. The summed E-state index contributed by atoms with van der Waals surface area (Å²) in [6.07, 6.45) is 1.97. The average molecular weight is 343 g/mol. The standard InChI is InChI=1S/C22H17NOS/c1-14-16-10-5-6-13-19(16)23-22(25-2)20(14)21(24)18-12-7-9-15-8-3-4-11-17(15)18/h3-13H,1-2H3. The largest absolute Gasteiger partial charge is 0.288 e. The van der Waals surface area contributed by atoms with Crippen molar-refractivity contribution in [3.63, 3.8) is 0 Å². The quantitative estimate of drug-likeness (QED) is 0.356. The minimum Gasteiger partial charge on any atom is -0.288 e. The fourth-order valence-corrected chi connectivity index (χ4v) is 3.96. The van der Waals surface area contributed by atoms with Crippen LogP contribution in [0.15, 0.2) is 71.8 Å². The number of ketones is 1. The molecule has 3 aromatic carbocycles. The second kappa shape index (κ2) is 6.34. The summed E-state index contributed by atoms with van der Waals surface area (Å²) in [6, 6.07) is 21.9. The predicted octanol–water partition coefficient (Wildman–Crippen LogP) is 5.65. The Hall–Kier alpha value is -2.65. The van der Waals surface area contributed by atoms with E-state index in [0.717, 1.165) is 37.8 Å². The molecule has 4 aromatic rings. The SMILES string of the molecule is CSc1nc2ccccc2c(C)c1C(=O)c1cccc2ccccc12. The second-order valence-corrected chi connectivity index (χ2v) is 6.79. The third-order valence-corrected chi connectivity index (χ3v) is 5.26. The molecular weight excluding hydrogens is 326 g/mol. The van der Waals surface area contributed by atoms with Crippen molar-refractivity contribution in [3.8, 4) is 0 Å². The maximum absolute atomic E-state index is 13.5. The topological polar surface area (TPSA) is 30.0 Å². The Balaban J connectivity index is 2.00. The summed E-state index contributed by atoms with van der Waals surface area (Å²) in [6.45, 7) is 2.02. The molecule has 0 aliphatic carbocycles. The van der Waals surface area contributed by atoms with Gasteiger partial charge in [0.1, 0.15) is 5.03 Å². The van der Waals surface area contributed by atoms with Crippen molar-refractivity contribution in [2.75, 3.05) is 6.26 Å². The van der Waals surface area contributed by atoms with Gasteiger partial charge < -0.3 is 0 Å². The molecule has 0 atom stereocenters. The van der Waals surface area contributed by atoms with Gasteiger partial charge in [-0.25, -0.2) is 4.98 Å². The molecule has 0 saturated carbocycles. The zero-order chi connectivity index (χ0) is 17.4. The van der Waals surface area contributed by atoms with Crippen molar-refractivity contribution in [1.82, 2.24) is 4.98 Å². The summed E-state index contributed by atoms with van der Waals surface area (Å²) in [4.78, 5) is 18.2. The second-order valence-electron chi connectivity index (χ2n) is 5.99. The number of hydrogen-bond donors (Lipinski definition) is 0. The number of pyridine rings is 1. The van der Waals surface area contributed by atoms with Crippen LogP contribution in [0.25, 0.3) is 21.7 Å². The van der Waals surface area contributed by atoms with Crippen molar-refractivity contribution < 1.29 is 4.79 Å². The first-order valence-electron chi connectivity index (χ1n) is 8.16. The highest BCUT2D eigenvalue weighted by atomic mass is 32.2. The number of nitrogens with zero attached hydrogens (tertiary/aromatic N) is 1. The van der Waals surface area contributed by atoms with Crippen LogP contribution in [0.1, 0.15) is 21.5 Å². The molecule has 0 amide bonds. The molecule has 0 unspecified atom stereocenters. The molecule has 0 aliphatic heterocycles. The molecule has 0 spiro atoms. The zero-order valence-corrected chi connectivity index (χ0v) is 14.9. The Morgan fingerprint density at radius 2 is 1.56 bits per heavy atom. The Labute approximate surface area is 150 Å². The van der Waals surface area contributed by atoms with E-state index in [4.69, 9.17) is 4.98 Å². The van der Waals surface area contributed by atoms with Gasteiger partial charge in [0.25, 0.3) is 0 Å². The maximum atomic E-state index is 13.5. The molecule has 0 saturated heterocycles. The van der Waals surface area contributed by atoms with E-state index < -0.39 is 0 Å². The lowest BCUT2D eigenvalue weighted by atomic mass is 9.94. The molecular formula is C22H17NOS. The first-order valence-corrected chi connectivity index (χ1v) is 9.39. The summed E-state index contributed by atoms with van der Waals surface area (Å²) >= 11 is 1.52. The maximum Gasteiger partial charge on any atom is 0.196 e. The number of thioether (sulfide) groups is 1. The fourth-order valence-electron chi connectivity index (χ4n) is 3.32. The van der Waals surface area contributed by atoms with Crippen LogP contribution in [0.4, 0.5) is 0 Å². The number of rotatable bonds is 3. The van der Waals surface area contributed by atoms with Gasteiger partial charge in [-0.1, -0.05) is 60.7 Å². The normalized spacial score (nSPS) is 11.1. The molecule has 0 aliphatic rings. The van der Waals surface area contributed by atoms with E-state index in [1.165, 1.54) is 11.8 Å². The van der Waals surface area contributed by atoms with E-state index in [0.29, 0.717) is 5.56 Å². The zero-order valence-electron chi connectivity index (χ0n) is 14.1. The van der Waals surface area contributed by atoms with Gasteiger partial charge in [-0.2, -0.15) is 0 Å². The lowest BCUT2D eigenvalue weighted by molar-refractivity contribution is 0.103. The smallest absolute Gasteiger partial charge is 0.196 e. The summed E-state index contributed by atoms with van der Waals surface area (Å²) in [7, 11) is 0. The molecule has 4 rings (SSSR count). The van der Waals surface area contributed by atoms with Gasteiger partial charge in [-0.3, -0.25) is 4.79 Å². The van der Waals surface area contributed by atoms with Gasteiger partial charge >= 0.3 is 0 Å². The summed E-state index contributed by atoms with van der Waals surface area (Å²) in [5, 5.41) is 3.87. The molecule has 2 nitrogen and oxygen atoms in total. The van der Waals surface area contributed by atoms with E-state index in [1.807, 2.05) is 79.9 Å². The minimum absolute atomic E-state index is 0.0388. The van der Waals surface area contributed by atoms with E-state index >= 15 is 0 Å². The van der Waals surface area contributed by atoms with Gasteiger partial charge in [0.05, 0.1) is 11.1 Å². The predicted molar refractivity (Wildman–Crippen MR) is 106 cm³/mol. The molecule has 1 heterocycles. The molecule has 122 valence electrons. The summed E-state index contributed by atoms with van der Waals surface area (Å²) < 4.78 is 0. The van der Waals surface area contributed by atoms with E-state index in [2.05, 4.69) is 0 Å². The van der Waals surface area contributed by atoms with Crippen LogP contribution in [-0.4, -0.2) is 17.0 Å². The fraction of sp³-hybridized carbons (Fsp3) is 0.0909. The van der Waals surface area contributed by atoms with Crippen LogP contribution in [0.3, 0.4) is 0 Å². The molecule has 0 fully saturated rings. The number of aromatic nitrogens is 1. The average Bonchev–Trinajstić information content (AvgIpc) is 2.67. The molecule has 0 bridgehead atoms. The lowest BCUT2D eigenvalue weighted by Gasteiger charge is -2.14. The number of benzene rings is 3. The van der Waals surface area contributed by atoms with Crippen molar-refractivity contribution in [1.29, 1.82) is 0 Å². The van der Waals surface area contributed by atoms with E-state index in [1.54, 1.807) is 0 Å². The minimum atomic E-state index is 0.0388. The van der Waals surface area contributed by atoms with Crippen molar-refractivity contribution >= 4 is 39.2 Å². The summed E-state index contributed by atoms with van der Waals surface area (Å²) in [5.74, 6) is 0.0388. The van der Waals surface area contributed by atoms with Crippen molar-refractivity contribution in [2.45, 2.75) is 11.9 Å². The number of aryl methyl sites for hydroxylation is 1. The monoisotopic (exact) mass is 343 g/mol. The number of fused-ring (bicyclic) bond motifs is 2. The van der Waals surface area contributed by atoms with Gasteiger partial charge in [-0.05, 0) is 35.6 Å². The molecule has 0 radical (unpaired) electrons. The molecule has 1 aromatic heterocycles. The van der Waals surface area contributed by atoms with E-state index in [9.17, 15) is 4.79 Å². The Morgan fingerprint density at radius 3 is 2.36 bits per heavy atom. The van der Waals surface area contributed by atoms with Crippen LogP contribution in [0.5, 0.6) is 0 Å². The lowest BCUT2D eigenvalue weighted by Crippen LogP contribution is -2.08. The first-order chi connectivity index (χ1) is 12.2. The van der Waals surface area contributed by atoms with Crippen LogP contribution in [0.2, 0.25) is 0 Å². The number of carbonyl (C=O) groups is 1. The number of carbonyl (C=O) groups excluding carboxylic acids is 1. The van der Waals surface area contributed by atoms with Gasteiger partial charge in [0.2, 0.25) is 0 Å². The van der Waals surface area contributed by atoms with Gasteiger partial charge in [0, 0.05) is 10.9 Å². The number of para-hydroxylation sites is 1. The third-order valence-electron chi connectivity index (χ3n) is 4.57. The molecule has 25 heavy (non-hydrogen) atoms. The van der Waals surface area contributed by atoms with Crippen molar-refractivity contribution in [3.05, 3.63) is 83.4 Å². The van der Waals surface area contributed by atoms with Crippen molar-refractivity contribution in [2.24, 2.45) is 0 Å². The van der Waals surface area contributed by atoms with Gasteiger partial charge in [0.15, 0.2) is 5.78 Å². The van der Waals surface area contributed by atoms with Crippen LogP contribution < -0.4 is 0 Å². The third kappa shape index (κ3) is 2.61. The Bertz CT molecular complexity index is 1110. The molecule has 0 N–H and O–H groups in total. The summed E-state index contributed by atoms with van der Waals surface area (Å²) in [5.41, 5.74) is 3.36. The highest BCUT2D eigenvalue weighted by Crippen LogP contribution is 2.31. The number of hydrogen-bond acceptors (Lipinski definition) is 3.